The van der Waals surface area contributed by atoms with Gasteiger partial charge in [0, 0.05) is 28.2 Å². The van der Waals surface area contributed by atoms with E-state index in [0.29, 0.717) is 26.9 Å². The lowest BCUT2D eigenvalue weighted by Crippen LogP contribution is -2.17. The zero-order chi connectivity index (χ0) is 21.1. The van der Waals surface area contributed by atoms with Gasteiger partial charge in [0.1, 0.15) is 6.61 Å². The van der Waals surface area contributed by atoms with E-state index in [4.69, 9.17) is 16.3 Å². The summed E-state index contributed by atoms with van der Waals surface area (Å²) in [6.07, 6.45) is 1.63. The number of nitrogens with zero attached hydrogens (tertiary/aromatic N) is 2. The highest BCUT2D eigenvalue weighted by Crippen LogP contribution is 2.19. The molecule has 0 bridgehead atoms. The summed E-state index contributed by atoms with van der Waals surface area (Å²) in [6, 6.07) is 14.2. The summed E-state index contributed by atoms with van der Waals surface area (Å²) in [4.78, 5) is 41.9. The fourth-order valence-corrected chi connectivity index (χ4v) is 3.61. The molecule has 4 aromatic rings. The van der Waals surface area contributed by atoms with E-state index in [0.717, 1.165) is 0 Å². The van der Waals surface area contributed by atoms with Crippen LogP contribution in [-0.4, -0.2) is 21.3 Å². The zero-order valence-electron chi connectivity index (χ0n) is 15.4. The molecule has 2 heterocycles. The molecule has 0 saturated heterocycles. The number of para-hydroxylation sites is 1. The molecule has 0 spiro atoms. The third-order valence-corrected chi connectivity index (χ3v) is 5.22. The van der Waals surface area contributed by atoms with Gasteiger partial charge in [0.2, 0.25) is 0 Å². The van der Waals surface area contributed by atoms with Gasteiger partial charge in [0.25, 0.3) is 11.5 Å². The number of fused-ring (bicyclic) bond motifs is 1. The van der Waals surface area contributed by atoms with Crippen molar-refractivity contribution in [3.63, 3.8) is 0 Å². The van der Waals surface area contributed by atoms with E-state index in [-0.39, 0.29) is 23.6 Å². The van der Waals surface area contributed by atoms with Crippen molar-refractivity contribution in [3.05, 3.63) is 98.4 Å². The van der Waals surface area contributed by atoms with E-state index in [1.807, 2.05) is 0 Å². The van der Waals surface area contributed by atoms with Crippen LogP contribution in [0.3, 0.4) is 0 Å². The largest absolute Gasteiger partial charge is 0.456 e. The number of amides is 1. The number of rotatable bonds is 5. The highest BCUT2D eigenvalue weighted by atomic mass is 35.5. The number of hydrogen-bond donors (Lipinski definition) is 1. The van der Waals surface area contributed by atoms with Crippen molar-refractivity contribution < 1.29 is 14.3 Å². The third-order valence-electron chi connectivity index (χ3n) is 4.21. The second kappa shape index (κ2) is 8.48. The van der Waals surface area contributed by atoms with Crippen molar-refractivity contribution in [2.75, 3.05) is 5.32 Å². The first kappa shape index (κ1) is 19.8. The number of thiazole rings is 1. The standard InChI is InChI=1S/C21H14ClN3O4S/c22-14-7-5-13(6-8-14)19(27)24-17-4-2-1-3-16(17)20(28)29-12-15-11-18(26)25-9-10-30-21(25)23-15/h1-11H,12H2,(H,24,27). The molecule has 0 aliphatic carbocycles. The van der Waals surface area contributed by atoms with Crippen LogP contribution in [-0.2, 0) is 11.3 Å². The monoisotopic (exact) mass is 439 g/mol. The van der Waals surface area contributed by atoms with Gasteiger partial charge >= 0.3 is 5.97 Å². The van der Waals surface area contributed by atoms with Crippen LogP contribution < -0.4 is 10.9 Å². The smallest absolute Gasteiger partial charge is 0.340 e. The predicted octanol–water partition coefficient (Wildman–Crippen LogP) is 4.02. The van der Waals surface area contributed by atoms with Gasteiger partial charge in [0.15, 0.2) is 4.96 Å². The van der Waals surface area contributed by atoms with Crippen molar-refractivity contribution in [2.45, 2.75) is 6.61 Å². The second-order valence-electron chi connectivity index (χ2n) is 6.22. The number of carbonyl (C=O) groups is 2. The second-order valence-corrected chi connectivity index (χ2v) is 7.53. The molecule has 0 unspecified atom stereocenters. The highest BCUT2D eigenvalue weighted by Gasteiger charge is 2.16. The van der Waals surface area contributed by atoms with Gasteiger partial charge in [-0.05, 0) is 36.4 Å². The van der Waals surface area contributed by atoms with E-state index in [9.17, 15) is 14.4 Å². The van der Waals surface area contributed by atoms with E-state index in [2.05, 4.69) is 10.3 Å². The van der Waals surface area contributed by atoms with Crippen LogP contribution in [0.5, 0.6) is 0 Å². The maximum Gasteiger partial charge on any atom is 0.340 e. The molecule has 7 nitrogen and oxygen atoms in total. The Labute approximate surface area is 179 Å². The Balaban J connectivity index is 1.49. The normalized spacial score (nSPS) is 10.7. The quantitative estimate of drug-likeness (QED) is 0.474. The summed E-state index contributed by atoms with van der Waals surface area (Å²) in [5, 5.41) is 4.97. The molecule has 2 aromatic carbocycles. The molecule has 0 aliphatic heterocycles. The number of esters is 1. The number of ether oxygens (including phenoxy) is 1. The Morgan fingerprint density at radius 1 is 1.13 bits per heavy atom. The number of anilines is 1. The fourth-order valence-electron chi connectivity index (χ4n) is 2.74. The first-order chi connectivity index (χ1) is 14.5. The molecule has 4 rings (SSSR count). The molecule has 0 saturated carbocycles. The van der Waals surface area contributed by atoms with Crippen LogP contribution in [0, 0.1) is 0 Å². The number of carbonyl (C=O) groups excluding carboxylic acids is 2. The topological polar surface area (TPSA) is 89.8 Å². The molecule has 0 atom stereocenters. The summed E-state index contributed by atoms with van der Waals surface area (Å²) in [7, 11) is 0. The van der Waals surface area contributed by atoms with Crippen LogP contribution in [0.25, 0.3) is 4.96 Å². The summed E-state index contributed by atoms with van der Waals surface area (Å²) in [5.41, 5.74) is 0.996. The van der Waals surface area contributed by atoms with E-state index in [1.54, 1.807) is 60.1 Å². The van der Waals surface area contributed by atoms with Gasteiger partial charge in [-0.3, -0.25) is 14.0 Å². The summed E-state index contributed by atoms with van der Waals surface area (Å²) in [5.74, 6) is -1.03. The summed E-state index contributed by atoms with van der Waals surface area (Å²) < 4.78 is 6.74. The number of hydrogen-bond acceptors (Lipinski definition) is 6. The fraction of sp³-hybridized carbons (Fsp3) is 0.0476. The predicted molar refractivity (Wildman–Crippen MR) is 114 cm³/mol. The Hall–Kier alpha value is -3.49. The Morgan fingerprint density at radius 2 is 1.90 bits per heavy atom. The minimum absolute atomic E-state index is 0.165. The van der Waals surface area contributed by atoms with Crippen LogP contribution in [0.2, 0.25) is 5.02 Å². The van der Waals surface area contributed by atoms with Crippen LogP contribution in [0.4, 0.5) is 5.69 Å². The van der Waals surface area contributed by atoms with E-state index < -0.39 is 5.97 Å². The first-order valence-corrected chi connectivity index (χ1v) is 10.1. The first-order valence-electron chi connectivity index (χ1n) is 8.80. The average molecular weight is 440 g/mol. The summed E-state index contributed by atoms with van der Waals surface area (Å²) in [6.45, 7) is -0.165. The third kappa shape index (κ3) is 4.24. The van der Waals surface area contributed by atoms with Crippen LogP contribution >= 0.6 is 22.9 Å². The molecule has 150 valence electrons. The number of benzene rings is 2. The Bertz CT molecular complexity index is 1300. The molecular weight excluding hydrogens is 426 g/mol. The number of halogens is 1. The van der Waals surface area contributed by atoms with Gasteiger partial charge in [-0.1, -0.05) is 23.7 Å². The molecule has 30 heavy (non-hydrogen) atoms. The van der Waals surface area contributed by atoms with Crippen molar-refractivity contribution in [1.29, 1.82) is 0 Å². The van der Waals surface area contributed by atoms with Crippen LogP contribution in [0.1, 0.15) is 26.4 Å². The zero-order valence-corrected chi connectivity index (χ0v) is 16.9. The van der Waals surface area contributed by atoms with Crippen molar-refractivity contribution >= 4 is 45.5 Å². The molecule has 0 aliphatic rings. The molecule has 0 fully saturated rings. The SMILES string of the molecule is O=C(Nc1ccccc1C(=O)OCc1cc(=O)n2ccsc2n1)c1ccc(Cl)cc1. The maximum absolute atomic E-state index is 12.6. The Morgan fingerprint density at radius 3 is 2.70 bits per heavy atom. The lowest BCUT2D eigenvalue weighted by Gasteiger charge is -2.11. The van der Waals surface area contributed by atoms with Gasteiger partial charge in [-0.2, -0.15) is 0 Å². The lowest BCUT2D eigenvalue weighted by atomic mass is 10.1. The van der Waals surface area contributed by atoms with Crippen molar-refractivity contribution in [1.82, 2.24) is 9.38 Å². The molecule has 0 radical (unpaired) electrons. The Kier molecular flexibility index (Phi) is 5.60. The minimum atomic E-state index is -0.643. The maximum atomic E-state index is 12.6. The average Bonchev–Trinajstić information content (AvgIpc) is 3.22. The molecule has 1 amide bonds. The molecule has 2 aromatic heterocycles. The lowest BCUT2D eigenvalue weighted by molar-refractivity contribution is 0.0469. The van der Waals surface area contributed by atoms with E-state index >= 15 is 0 Å². The van der Waals surface area contributed by atoms with Gasteiger partial charge < -0.3 is 10.1 Å². The van der Waals surface area contributed by atoms with Gasteiger partial charge in [0.05, 0.1) is 16.9 Å². The van der Waals surface area contributed by atoms with Crippen LogP contribution in [0.15, 0.2) is 71.0 Å². The molecule has 1 N–H and O–H groups in total. The van der Waals surface area contributed by atoms with Crippen molar-refractivity contribution in [2.24, 2.45) is 0 Å². The molecular formula is C21H14ClN3O4S. The summed E-state index contributed by atoms with van der Waals surface area (Å²) >= 11 is 7.16. The van der Waals surface area contributed by atoms with Crippen molar-refractivity contribution in [3.8, 4) is 0 Å². The van der Waals surface area contributed by atoms with E-state index in [1.165, 1.54) is 21.8 Å². The number of aromatic nitrogens is 2. The van der Waals surface area contributed by atoms with Gasteiger partial charge in [-0.15, -0.1) is 11.3 Å². The highest BCUT2D eigenvalue weighted by molar-refractivity contribution is 7.15. The molecule has 9 heteroatoms. The number of nitrogens with one attached hydrogen (secondary N) is 1. The van der Waals surface area contributed by atoms with Gasteiger partial charge in [-0.25, -0.2) is 9.78 Å². The minimum Gasteiger partial charge on any atom is -0.456 e.